The largest absolute Gasteiger partial charge is 0.355 e. The Labute approximate surface area is 157 Å². The summed E-state index contributed by atoms with van der Waals surface area (Å²) >= 11 is 0. The summed E-state index contributed by atoms with van der Waals surface area (Å²) < 4.78 is 28.8. The number of likely N-dealkylation sites (N-methyl/N-ethyl adjacent to an activating group) is 1. The van der Waals surface area contributed by atoms with Gasteiger partial charge < -0.3 is 14.5 Å². The molecule has 0 bridgehead atoms. The van der Waals surface area contributed by atoms with Crippen molar-refractivity contribution in [3.63, 3.8) is 0 Å². The Morgan fingerprint density at radius 1 is 1.11 bits per heavy atom. The smallest absolute Gasteiger partial charge is 0.316 e. The van der Waals surface area contributed by atoms with E-state index in [4.69, 9.17) is 0 Å². The molecule has 9 nitrogen and oxygen atoms in total. The van der Waals surface area contributed by atoms with E-state index in [1.165, 1.54) is 43.9 Å². The van der Waals surface area contributed by atoms with Crippen LogP contribution in [0.4, 0.5) is 0 Å². The summed E-state index contributed by atoms with van der Waals surface area (Å²) in [5.41, 5.74) is -0.699. The second-order valence-corrected chi connectivity index (χ2v) is 8.39. The first-order valence-corrected chi connectivity index (χ1v) is 9.98. The number of nitrogens with one attached hydrogen (secondary N) is 1. The van der Waals surface area contributed by atoms with Crippen molar-refractivity contribution in [1.29, 1.82) is 0 Å². The summed E-state index contributed by atoms with van der Waals surface area (Å²) in [5.74, 6) is -0.384. The molecule has 0 radical (unpaired) electrons. The van der Waals surface area contributed by atoms with Crippen LogP contribution in [0.25, 0.3) is 11.0 Å². The van der Waals surface area contributed by atoms with E-state index in [0.717, 1.165) is 21.7 Å². The van der Waals surface area contributed by atoms with Crippen molar-refractivity contribution in [2.75, 3.05) is 20.1 Å². The summed E-state index contributed by atoms with van der Waals surface area (Å²) in [6.07, 6.45) is 1.74. The fraction of sp³-hybridized carbons (Fsp3) is 0.471. The zero-order valence-corrected chi connectivity index (χ0v) is 16.7. The first-order chi connectivity index (χ1) is 12.6. The van der Waals surface area contributed by atoms with Gasteiger partial charge in [-0.3, -0.25) is 14.4 Å². The van der Waals surface area contributed by atoms with Crippen LogP contribution in [0.3, 0.4) is 0 Å². The van der Waals surface area contributed by atoms with Gasteiger partial charge in [-0.05, 0) is 24.6 Å². The number of unbranched alkanes of at least 4 members (excludes halogenated alkanes) is 1. The lowest BCUT2D eigenvalue weighted by Crippen LogP contribution is -2.40. The number of hydrogen-bond donors (Lipinski definition) is 1. The van der Waals surface area contributed by atoms with Gasteiger partial charge in [0.15, 0.2) is 0 Å². The number of aromatic nitrogens is 2. The maximum atomic E-state index is 12.8. The van der Waals surface area contributed by atoms with Gasteiger partial charge in [0, 0.05) is 27.7 Å². The van der Waals surface area contributed by atoms with E-state index >= 15 is 0 Å². The highest BCUT2D eigenvalue weighted by atomic mass is 32.2. The maximum Gasteiger partial charge on any atom is 0.316 e. The predicted octanol–water partition coefficient (Wildman–Crippen LogP) is -0.226. The molecule has 148 valence electrons. The van der Waals surface area contributed by atoms with Gasteiger partial charge in [0.05, 0.1) is 22.5 Å². The fourth-order valence-electron chi connectivity index (χ4n) is 2.65. The zero-order chi connectivity index (χ0) is 20.4. The van der Waals surface area contributed by atoms with Crippen molar-refractivity contribution in [3.8, 4) is 0 Å². The number of benzene rings is 1. The number of hydrogen-bond acceptors (Lipinski definition) is 5. The maximum absolute atomic E-state index is 12.8. The number of carbonyl (C=O) groups excluding carboxylic acids is 1. The van der Waals surface area contributed by atoms with Crippen LogP contribution in [-0.4, -0.2) is 47.9 Å². The van der Waals surface area contributed by atoms with Crippen LogP contribution >= 0.6 is 0 Å². The van der Waals surface area contributed by atoms with Gasteiger partial charge in [0.2, 0.25) is 15.9 Å². The standard InChI is InChI=1S/C17H24N4O5S/c1-5-6-9-18-15(22)11-19(2)27(25,26)12-7-8-13-14(10-12)21(4)17(24)16(23)20(13)3/h7-8,10H,5-6,9,11H2,1-4H3,(H,18,22). The molecule has 2 aromatic rings. The number of nitrogens with zero attached hydrogens (tertiary/aromatic N) is 3. The van der Waals surface area contributed by atoms with Crippen molar-refractivity contribution >= 4 is 27.0 Å². The fourth-order valence-corrected chi connectivity index (χ4v) is 3.80. The second-order valence-electron chi connectivity index (χ2n) is 6.34. The molecule has 0 unspecified atom stereocenters. The highest BCUT2D eigenvalue weighted by Gasteiger charge is 2.24. The van der Waals surface area contributed by atoms with E-state index in [-0.39, 0.29) is 17.3 Å². The molecule has 1 aromatic carbocycles. The third-order valence-corrected chi connectivity index (χ3v) is 6.19. The minimum absolute atomic E-state index is 0.0625. The minimum Gasteiger partial charge on any atom is -0.355 e. The third kappa shape index (κ3) is 4.11. The Hall–Kier alpha value is -2.46. The van der Waals surface area contributed by atoms with Crippen molar-refractivity contribution in [1.82, 2.24) is 18.8 Å². The molecule has 0 spiro atoms. The highest BCUT2D eigenvalue weighted by molar-refractivity contribution is 7.89. The summed E-state index contributed by atoms with van der Waals surface area (Å²) in [4.78, 5) is 35.7. The lowest BCUT2D eigenvalue weighted by molar-refractivity contribution is -0.121. The van der Waals surface area contributed by atoms with E-state index in [9.17, 15) is 22.8 Å². The van der Waals surface area contributed by atoms with Crippen molar-refractivity contribution < 1.29 is 13.2 Å². The van der Waals surface area contributed by atoms with Gasteiger partial charge in [-0.2, -0.15) is 4.31 Å². The molecule has 0 saturated carbocycles. The van der Waals surface area contributed by atoms with Crippen LogP contribution < -0.4 is 16.4 Å². The molecule has 27 heavy (non-hydrogen) atoms. The van der Waals surface area contributed by atoms with Crippen molar-refractivity contribution in [3.05, 3.63) is 38.9 Å². The molecule has 1 N–H and O–H groups in total. The van der Waals surface area contributed by atoms with Crippen LogP contribution in [-0.2, 0) is 28.9 Å². The lowest BCUT2D eigenvalue weighted by Gasteiger charge is -2.18. The van der Waals surface area contributed by atoms with Crippen molar-refractivity contribution in [2.24, 2.45) is 14.1 Å². The molecule has 2 rings (SSSR count). The molecular formula is C17H24N4O5S. The van der Waals surface area contributed by atoms with Crippen molar-refractivity contribution in [2.45, 2.75) is 24.7 Å². The summed E-state index contributed by atoms with van der Waals surface area (Å²) in [6.45, 7) is 2.18. The zero-order valence-electron chi connectivity index (χ0n) is 15.9. The number of amides is 1. The summed E-state index contributed by atoms with van der Waals surface area (Å²) in [7, 11) is 0.241. The first-order valence-electron chi connectivity index (χ1n) is 8.54. The average molecular weight is 396 g/mol. The number of aryl methyl sites for hydroxylation is 2. The van der Waals surface area contributed by atoms with Crippen LogP contribution in [0.2, 0.25) is 0 Å². The van der Waals surface area contributed by atoms with Gasteiger partial charge in [-0.1, -0.05) is 13.3 Å². The predicted molar refractivity (Wildman–Crippen MR) is 102 cm³/mol. The molecule has 1 heterocycles. The molecule has 0 aliphatic carbocycles. The van der Waals surface area contributed by atoms with E-state index < -0.39 is 21.1 Å². The van der Waals surface area contributed by atoms with Crippen LogP contribution in [0.15, 0.2) is 32.7 Å². The Bertz CT molecular complexity index is 1080. The molecule has 10 heteroatoms. The minimum atomic E-state index is -3.94. The quantitative estimate of drug-likeness (QED) is 0.514. The van der Waals surface area contributed by atoms with Gasteiger partial charge in [-0.15, -0.1) is 0 Å². The third-order valence-electron chi connectivity index (χ3n) is 4.39. The molecule has 1 aromatic heterocycles. The molecule has 0 saturated heterocycles. The van der Waals surface area contributed by atoms with Crippen LogP contribution in [0.1, 0.15) is 19.8 Å². The van der Waals surface area contributed by atoms with Gasteiger partial charge in [-0.25, -0.2) is 8.42 Å². The Kier molecular flexibility index (Phi) is 6.22. The Morgan fingerprint density at radius 2 is 1.70 bits per heavy atom. The SMILES string of the molecule is CCCCNC(=O)CN(C)S(=O)(=O)c1ccc2c(c1)n(C)c(=O)c(=O)n2C. The number of fused-ring (bicyclic) bond motifs is 1. The van der Waals surface area contributed by atoms with Gasteiger partial charge >= 0.3 is 11.1 Å². The van der Waals surface area contributed by atoms with E-state index in [1.54, 1.807) is 0 Å². The van der Waals surface area contributed by atoms with Crippen LogP contribution in [0.5, 0.6) is 0 Å². The van der Waals surface area contributed by atoms with E-state index in [1.807, 2.05) is 6.92 Å². The molecule has 0 atom stereocenters. The monoisotopic (exact) mass is 396 g/mol. The van der Waals surface area contributed by atoms with E-state index in [0.29, 0.717) is 17.6 Å². The number of sulfonamides is 1. The molecule has 0 fully saturated rings. The van der Waals surface area contributed by atoms with Gasteiger partial charge in [0.1, 0.15) is 0 Å². The Morgan fingerprint density at radius 3 is 2.30 bits per heavy atom. The number of carbonyl (C=O) groups is 1. The Balaban J connectivity index is 2.39. The topological polar surface area (TPSA) is 110 Å². The summed E-state index contributed by atoms with van der Waals surface area (Å²) in [6, 6.07) is 4.16. The normalized spacial score (nSPS) is 11.9. The van der Waals surface area contributed by atoms with E-state index in [2.05, 4.69) is 5.32 Å². The highest BCUT2D eigenvalue weighted by Crippen LogP contribution is 2.19. The van der Waals surface area contributed by atoms with Crippen LogP contribution in [0, 0.1) is 0 Å². The average Bonchev–Trinajstić information content (AvgIpc) is 2.64. The summed E-state index contributed by atoms with van der Waals surface area (Å²) in [5, 5.41) is 2.67. The van der Waals surface area contributed by atoms with Gasteiger partial charge in [0.25, 0.3) is 0 Å². The molecule has 0 aliphatic heterocycles. The lowest BCUT2D eigenvalue weighted by atomic mass is 10.3. The molecule has 0 aliphatic rings. The number of rotatable bonds is 7. The molecule has 1 amide bonds. The first kappa shape index (κ1) is 20.8. The second kappa shape index (κ2) is 8.05. The molecular weight excluding hydrogens is 372 g/mol.